The first-order chi connectivity index (χ1) is 11.1. The molecule has 3 rings (SSSR count). The van der Waals surface area contributed by atoms with E-state index in [1.54, 1.807) is 0 Å². The monoisotopic (exact) mass is 318 g/mol. The van der Waals surface area contributed by atoms with E-state index in [9.17, 15) is 4.39 Å². The second-order valence-electron chi connectivity index (χ2n) is 6.94. The average molecular weight is 318 g/mol. The first-order valence-corrected chi connectivity index (χ1v) is 8.78. The van der Waals surface area contributed by atoms with Gasteiger partial charge in [0.15, 0.2) is 12.0 Å². The van der Waals surface area contributed by atoms with Crippen LogP contribution in [0.15, 0.2) is 36.9 Å². The highest BCUT2D eigenvalue weighted by atomic mass is 19.1. The van der Waals surface area contributed by atoms with Crippen LogP contribution < -0.4 is 0 Å². The van der Waals surface area contributed by atoms with Gasteiger partial charge < -0.3 is 9.47 Å². The number of hydrogen-bond acceptors (Lipinski definition) is 2. The van der Waals surface area contributed by atoms with Crippen LogP contribution in [-0.4, -0.2) is 25.2 Å². The van der Waals surface area contributed by atoms with E-state index in [1.807, 2.05) is 0 Å². The van der Waals surface area contributed by atoms with Gasteiger partial charge in [-0.2, -0.15) is 0 Å². The summed E-state index contributed by atoms with van der Waals surface area (Å²) in [6.45, 7) is 5.84. The highest BCUT2D eigenvalue weighted by molar-refractivity contribution is 5.25. The third kappa shape index (κ3) is 3.84. The molecular formula is C20H27FO2. The quantitative estimate of drug-likeness (QED) is 0.743. The lowest BCUT2D eigenvalue weighted by molar-refractivity contribution is -0.246. The van der Waals surface area contributed by atoms with E-state index in [1.165, 1.54) is 17.2 Å². The molecule has 1 saturated heterocycles. The first-order valence-electron chi connectivity index (χ1n) is 8.78. The number of alkyl halides is 1. The minimum atomic E-state index is -1.52. The summed E-state index contributed by atoms with van der Waals surface area (Å²) in [6.07, 6.45) is 6.60. The first kappa shape index (κ1) is 16.7. The molecule has 2 nitrogen and oxygen atoms in total. The molecule has 3 heteroatoms. The van der Waals surface area contributed by atoms with Crippen LogP contribution in [0.1, 0.15) is 49.7 Å². The minimum absolute atomic E-state index is 0.0690. The van der Waals surface area contributed by atoms with Gasteiger partial charge in [-0.05, 0) is 49.1 Å². The van der Waals surface area contributed by atoms with Crippen molar-refractivity contribution in [2.75, 3.05) is 13.2 Å². The number of benzene rings is 1. The normalized spacial score (nSPS) is 35.0. The van der Waals surface area contributed by atoms with Crippen LogP contribution in [0.5, 0.6) is 0 Å². The molecule has 0 radical (unpaired) electrons. The molecule has 126 valence electrons. The Morgan fingerprint density at radius 3 is 2.26 bits per heavy atom. The zero-order valence-electron chi connectivity index (χ0n) is 14.0. The lowest BCUT2D eigenvalue weighted by atomic mass is 9.78. The maximum absolute atomic E-state index is 14.0. The van der Waals surface area contributed by atoms with E-state index < -0.39 is 5.67 Å². The molecule has 0 spiro atoms. The van der Waals surface area contributed by atoms with Crippen molar-refractivity contribution in [3.05, 3.63) is 48.0 Å². The van der Waals surface area contributed by atoms with Crippen LogP contribution in [0.25, 0.3) is 0 Å². The Hall–Kier alpha value is -1.19. The zero-order chi connectivity index (χ0) is 16.3. The SMILES string of the molecule is C=CC1(F)COC(C2CCC(c3ccc(CC)cc3)CC2)OC1. The van der Waals surface area contributed by atoms with Crippen molar-refractivity contribution in [2.45, 2.75) is 56.9 Å². The molecule has 0 N–H and O–H groups in total. The molecule has 0 bridgehead atoms. The Morgan fingerprint density at radius 2 is 1.74 bits per heavy atom. The summed E-state index contributed by atoms with van der Waals surface area (Å²) in [4.78, 5) is 0. The van der Waals surface area contributed by atoms with Crippen LogP contribution in [0.4, 0.5) is 4.39 Å². The molecule has 2 aliphatic rings. The van der Waals surface area contributed by atoms with Crippen molar-refractivity contribution in [3.8, 4) is 0 Å². The van der Waals surface area contributed by atoms with Crippen LogP contribution in [-0.2, 0) is 15.9 Å². The topological polar surface area (TPSA) is 18.5 Å². The molecule has 1 heterocycles. The van der Waals surface area contributed by atoms with Gasteiger partial charge in [0.25, 0.3) is 0 Å². The van der Waals surface area contributed by atoms with Gasteiger partial charge in [-0.15, -0.1) is 0 Å². The van der Waals surface area contributed by atoms with Crippen molar-refractivity contribution in [1.29, 1.82) is 0 Å². The van der Waals surface area contributed by atoms with Gasteiger partial charge in [0, 0.05) is 5.92 Å². The summed E-state index contributed by atoms with van der Waals surface area (Å²) in [7, 11) is 0. The fourth-order valence-corrected chi connectivity index (χ4v) is 3.67. The summed E-state index contributed by atoms with van der Waals surface area (Å²) < 4.78 is 25.3. The highest BCUT2D eigenvalue weighted by Crippen LogP contribution is 2.39. The maximum atomic E-state index is 14.0. The van der Waals surface area contributed by atoms with Gasteiger partial charge in [0.1, 0.15) is 0 Å². The molecule has 1 aromatic rings. The Kier molecular flexibility index (Phi) is 5.17. The van der Waals surface area contributed by atoms with Crippen LogP contribution in [0, 0.1) is 5.92 Å². The third-order valence-electron chi connectivity index (χ3n) is 5.36. The lowest BCUT2D eigenvalue weighted by Crippen LogP contribution is -2.45. The third-order valence-corrected chi connectivity index (χ3v) is 5.36. The molecule has 23 heavy (non-hydrogen) atoms. The highest BCUT2D eigenvalue weighted by Gasteiger charge is 2.38. The van der Waals surface area contributed by atoms with E-state index >= 15 is 0 Å². The van der Waals surface area contributed by atoms with Crippen LogP contribution >= 0.6 is 0 Å². The molecule has 0 atom stereocenters. The van der Waals surface area contributed by atoms with E-state index in [0.717, 1.165) is 32.1 Å². The van der Waals surface area contributed by atoms with E-state index in [4.69, 9.17) is 9.47 Å². The maximum Gasteiger partial charge on any atom is 0.175 e. The number of ether oxygens (including phenoxy) is 2. The summed E-state index contributed by atoms with van der Waals surface area (Å²) in [5.41, 5.74) is 1.32. The molecular weight excluding hydrogens is 291 g/mol. The van der Waals surface area contributed by atoms with Crippen molar-refractivity contribution < 1.29 is 13.9 Å². The van der Waals surface area contributed by atoms with Crippen LogP contribution in [0.2, 0.25) is 0 Å². The minimum Gasteiger partial charge on any atom is -0.349 e. The Bertz CT molecular complexity index is 509. The Morgan fingerprint density at radius 1 is 1.13 bits per heavy atom. The van der Waals surface area contributed by atoms with Crippen molar-refractivity contribution in [3.63, 3.8) is 0 Å². The molecule has 0 amide bonds. The molecule has 0 unspecified atom stereocenters. The second-order valence-corrected chi connectivity index (χ2v) is 6.94. The van der Waals surface area contributed by atoms with E-state index in [0.29, 0.717) is 11.8 Å². The smallest absolute Gasteiger partial charge is 0.175 e. The largest absolute Gasteiger partial charge is 0.349 e. The molecule has 1 aromatic carbocycles. The van der Waals surface area contributed by atoms with E-state index in [2.05, 4.69) is 37.8 Å². The van der Waals surface area contributed by atoms with Gasteiger partial charge >= 0.3 is 0 Å². The summed E-state index contributed by atoms with van der Waals surface area (Å²) in [5.74, 6) is 1.02. The molecule has 0 aromatic heterocycles. The van der Waals surface area contributed by atoms with Crippen molar-refractivity contribution in [1.82, 2.24) is 0 Å². The summed E-state index contributed by atoms with van der Waals surface area (Å²) >= 11 is 0. The Labute approximate surface area is 138 Å². The number of halogens is 1. The zero-order valence-corrected chi connectivity index (χ0v) is 14.0. The van der Waals surface area contributed by atoms with Gasteiger partial charge in [-0.1, -0.05) is 43.8 Å². The predicted molar refractivity (Wildman–Crippen MR) is 90.2 cm³/mol. The molecule has 1 aliphatic heterocycles. The second kappa shape index (κ2) is 7.14. The van der Waals surface area contributed by atoms with Crippen molar-refractivity contribution >= 4 is 0 Å². The molecule has 2 fully saturated rings. The van der Waals surface area contributed by atoms with Gasteiger partial charge in [0.05, 0.1) is 13.2 Å². The number of hydrogen-bond donors (Lipinski definition) is 0. The van der Waals surface area contributed by atoms with Gasteiger partial charge in [-0.3, -0.25) is 0 Å². The van der Waals surface area contributed by atoms with Crippen LogP contribution in [0.3, 0.4) is 0 Å². The number of aryl methyl sites for hydroxylation is 1. The Balaban J connectivity index is 1.51. The lowest BCUT2D eigenvalue weighted by Gasteiger charge is -2.39. The number of rotatable bonds is 4. The fourth-order valence-electron chi connectivity index (χ4n) is 3.67. The van der Waals surface area contributed by atoms with Gasteiger partial charge in [-0.25, -0.2) is 4.39 Å². The van der Waals surface area contributed by atoms with Gasteiger partial charge in [0.2, 0.25) is 0 Å². The van der Waals surface area contributed by atoms with E-state index in [-0.39, 0.29) is 19.5 Å². The standard InChI is InChI=1S/C20H27FO2/c1-3-15-5-7-16(8-6-15)17-9-11-18(12-10-17)19-22-13-20(21,4-2)14-23-19/h4-8,17-19H,2-3,9-14H2,1H3. The fraction of sp³-hybridized carbons (Fsp3) is 0.600. The summed E-state index contributed by atoms with van der Waals surface area (Å²) in [6, 6.07) is 9.04. The molecule has 1 aliphatic carbocycles. The molecule has 1 saturated carbocycles. The predicted octanol–water partition coefficient (Wildman–Crippen LogP) is 4.79. The van der Waals surface area contributed by atoms with Crippen molar-refractivity contribution in [2.24, 2.45) is 5.92 Å². The average Bonchev–Trinajstić information content (AvgIpc) is 2.63. The summed E-state index contributed by atoms with van der Waals surface area (Å²) in [5, 5.41) is 0.